The predicted molar refractivity (Wildman–Crippen MR) is 63.5 cm³/mol. The Morgan fingerprint density at radius 2 is 1.64 bits per heavy atom. The van der Waals surface area contributed by atoms with Gasteiger partial charge in [-0.3, -0.25) is 4.90 Å². The van der Waals surface area contributed by atoms with Gasteiger partial charge in [0.05, 0.1) is 0 Å². The molecule has 0 N–H and O–H groups in total. The van der Waals surface area contributed by atoms with Crippen molar-refractivity contribution < 1.29 is 0 Å². The Hall–Kier alpha value is -0.0400. The highest BCUT2D eigenvalue weighted by molar-refractivity contribution is 4.95. The van der Waals surface area contributed by atoms with E-state index in [0.717, 1.165) is 12.0 Å². The normalized spacial score (nSPS) is 39.0. The summed E-state index contributed by atoms with van der Waals surface area (Å²) in [6.07, 6.45) is 1.36. The van der Waals surface area contributed by atoms with E-state index in [1.165, 1.54) is 6.42 Å². The molecule has 3 atom stereocenters. The Morgan fingerprint density at radius 3 is 2.07 bits per heavy atom. The van der Waals surface area contributed by atoms with E-state index in [0.29, 0.717) is 17.5 Å². The fourth-order valence-corrected chi connectivity index (χ4v) is 3.14. The summed E-state index contributed by atoms with van der Waals surface area (Å²) < 4.78 is 0. The van der Waals surface area contributed by atoms with Gasteiger partial charge >= 0.3 is 0 Å². The lowest BCUT2D eigenvalue weighted by atomic mass is 9.70. The van der Waals surface area contributed by atoms with E-state index < -0.39 is 0 Å². The highest BCUT2D eigenvalue weighted by atomic mass is 15.2. The van der Waals surface area contributed by atoms with E-state index in [-0.39, 0.29) is 0 Å². The second-order valence-electron chi connectivity index (χ2n) is 6.13. The number of rotatable bonds is 1. The molecule has 1 nitrogen and oxygen atoms in total. The van der Waals surface area contributed by atoms with Gasteiger partial charge in [-0.1, -0.05) is 20.8 Å². The van der Waals surface area contributed by atoms with Crippen LogP contribution in [0.2, 0.25) is 0 Å². The molecule has 3 unspecified atom stereocenters. The Balaban J connectivity index is 2.90. The van der Waals surface area contributed by atoms with Crippen molar-refractivity contribution in [2.75, 3.05) is 0 Å². The third-order valence-electron chi connectivity index (χ3n) is 4.32. The number of piperidine rings is 1. The van der Waals surface area contributed by atoms with Crippen LogP contribution in [0.1, 0.15) is 54.9 Å². The highest BCUT2D eigenvalue weighted by Gasteiger charge is 2.42. The molecule has 0 aromatic rings. The Kier molecular flexibility index (Phi) is 3.30. The summed E-state index contributed by atoms with van der Waals surface area (Å²) in [4.78, 5) is 2.69. The number of nitrogens with zero attached hydrogens (tertiary/aromatic N) is 1. The standard InChI is InChI=1S/C13H27N/c1-9(2)14-11(4)10(3)8-13(6,7)12(14)5/h9-12H,8H2,1-7H3. The molecule has 0 aromatic heterocycles. The molecule has 1 saturated heterocycles. The largest absolute Gasteiger partial charge is 0.295 e. The van der Waals surface area contributed by atoms with E-state index in [4.69, 9.17) is 0 Å². The molecule has 0 amide bonds. The molecule has 0 radical (unpaired) electrons. The summed E-state index contributed by atoms with van der Waals surface area (Å²) in [5.41, 5.74) is 0.468. The van der Waals surface area contributed by atoms with Crippen molar-refractivity contribution in [3.63, 3.8) is 0 Å². The molecule has 1 fully saturated rings. The zero-order valence-corrected chi connectivity index (χ0v) is 11.0. The van der Waals surface area contributed by atoms with Crippen LogP contribution in [0.4, 0.5) is 0 Å². The van der Waals surface area contributed by atoms with Crippen LogP contribution in [-0.2, 0) is 0 Å². The van der Waals surface area contributed by atoms with Crippen LogP contribution in [0.5, 0.6) is 0 Å². The number of hydrogen-bond donors (Lipinski definition) is 0. The summed E-state index contributed by atoms with van der Waals surface area (Å²) >= 11 is 0. The fraction of sp³-hybridized carbons (Fsp3) is 1.00. The van der Waals surface area contributed by atoms with Crippen molar-refractivity contribution >= 4 is 0 Å². The smallest absolute Gasteiger partial charge is 0.0124 e. The molecule has 1 aliphatic rings. The molecule has 0 saturated carbocycles. The average Bonchev–Trinajstić information content (AvgIpc) is 2.00. The Bertz CT molecular complexity index is 195. The molecule has 0 spiro atoms. The van der Waals surface area contributed by atoms with Crippen molar-refractivity contribution in [3.05, 3.63) is 0 Å². The molecule has 1 heterocycles. The monoisotopic (exact) mass is 197 g/mol. The van der Waals surface area contributed by atoms with E-state index in [2.05, 4.69) is 53.4 Å². The molecule has 1 aliphatic heterocycles. The van der Waals surface area contributed by atoms with Crippen LogP contribution in [0.15, 0.2) is 0 Å². The van der Waals surface area contributed by atoms with Crippen molar-refractivity contribution in [2.45, 2.75) is 73.0 Å². The quantitative estimate of drug-likeness (QED) is 0.621. The molecule has 0 aromatic carbocycles. The first-order valence-corrected chi connectivity index (χ1v) is 6.05. The van der Waals surface area contributed by atoms with E-state index >= 15 is 0 Å². The van der Waals surface area contributed by atoms with Crippen molar-refractivity contribution in [1.29, 1.82) is 0 Å². The van der Waals surface area contributed by atoms with Crippen molar-refractivity contribution in [3.8, 4) is 0 Å². The third-order valence-corrected chi connectivity index (χ3v) is 4.32. The first kappa shape index (κ1) is 12.0. The molecule has 0 aliphatic carbocycles. The van der Waals surface area contributed by atoms with Gasteiger partial charge in [0.1, 0.15) is 0 Å². The maximum Gasteiger partial charge on any atom is 0.0124 e. The van der Waals surface area contributed by atoms with Gasteiger partial charge in [-0.05, 0) is 45.4 Å². The van der Waals surface area contributed by atoms with E-state index in [1.807, 2.05) is 0 Å². The SMILES string of the molecule is CC1CC(C)(C)C(C)N(C(C)C)C1C. The molecule has 84 valence electrons. The van der Waals surface area contributed by atoms with Crippen molar-refractivity contribution in [1.82, 2.24) is 4.90 Å². The zero-order valence-electron chi connectivity index (χ0n) is 11.0. The van der Waals surface area contributed by atoms with Gasteiger partial charge in [0, 0.05) is 18.1 Å². The van der Waals surface area contributed by atoms with Gasteiger partial charge in [-0.15, -0.1) is 0 Å². The zero-order chi connectivity index (χ0) is 11.1. The molecular formula is C13H27N. The number of likely N-dealkylation sites (tertiary alicyclic amines) is 1. The minimum Gasteiger partial charge on any atom is -0.295 e. The average molecular weight is 197 g/mol. The fourth-order valence-electron chi connectivity index (χ4n) is 3.14. The van der Waals surface area contributed by atoms with Crippen LogP contribution >= 0.6 is 0 Å². The molecule has 0 bridgehead atoms. The maximum absolute atomic E-state index is 2.69. The summed E-state index contributed by atoms with van der Waals surface area (Å²) in [5.74, 6) is 0.823. The summed E-state index contributed by atoms with van der Waals surface area (Å²) in [5, 5.41) is 0. The van der Waals surface area contributed by atoms with Crippen LogP contribution < -0.4 is 0 Å². The van der Waals surface area contributed by atoms with Gasteiger partial charge in [0.15, 0.2) is 0 Å². The van der Waals surface area contributed by atoms with Gasteiger partial charge in [-0.2, -0.15) is 0 Å². The topological polar surface area (TPSA) is 3.24 Å². The second-order valence-corrected chi connectivity index (χ2v) is 6.13. The van der Waals surface area contributed by atoms with Gasteiger partial charge in [0.2, 0.25) is 0 Å². The lowest BCUT2D eigenvalue weighted by Crippen LogP contribution is -2.57. The molecule has 1 rings (SSSR count). The predicted octanol–water partition coefficient (Wildman–Crippen LogP) is 3.54. The lowest BCUT2D eigenvalue weighted by molar-refractivity contribution is -0.0414. The van der Waals surface area contributed by atoms with E-state index in [1.54, 1.807) is 0 Å². The molecule has 1 heteroatoms. The van der Waals surface area contributed by atoms with Crippen LogP contribution in [0, 0.1) is 11.3 Å². The van der Waals surface area contributed by atoms with Crippen LogP contribution in [0.25, 0.3) is 0 Å². The molecule has 14 heavy (non-hydrogen) atoms. The Labute approximate surface area is 89.9 Å². The maximum atomic E-state index is 2.69. The van der Waals surface area contributed by atoms with Crippen LogP contribution in [-0.4, -0.2) is 23.0 Å². The second kappa shape index (κ2) is 3.84. The first-order valence-electron chi connectivity index (χ1n) is 6.05. The summed E-state index contributed by atoms with van der Waals surface area (Å²) in [6, 6.07) is 2.11. The Morgan fingerprint density at radius 1 is 1.14 bits per heavy atom. The van der Waals surface area contributed by atoms with E-state index in [9.17, 15) is 0 Å². The molecular weight excluding hydrogens is 170 g/mol. The highest BCUT2D eigenvalue weighted by Crippen LogP contribution is 2.41. The number of hydrogen-bond acceptors (Lipinski definition) is 1. The van der Waals surface area contributed by atoms with Crippen LogP contribution in [0.3, 0.4) is 0 Å². The summed E-state index contributed by atoms with van der Waals surface area (Å²) in [7, 11) is 0. The summed E-state index contributed by atoms with van der Waals surface area (Å²) in [6.45, 7) is 16.6. The third kappa shape index (κ3) is 1.98. The van der Waals surface area contributed by atoms with Gasteiger partial charge in [0.25, 0.3) is 0 Å². The minimum absolute atomic E-state index is 0.468. The minimum atomic E-state index is 0.468. The lowest BCUT2D eigenvalue weighted by Gasteiger charge is -2.53. The van der Waals surface area contributed by atoms with Gasteiger partial charge < -0.3 is 0 Å². The van der Waals surface area contributed by atoms with Crippen molar-refractivity contribution in [2.24, 2.45) is 11.3 Å². The van der Waals surface area contributed by atoms with Gasteiger partial charge in [-0.25, -0.2) is 0 Å². The first-order chi connectivity index (χ1) is 6.27.